The zero-order valence-electron chi connectivity index (χ0n) is 14.0. The van der Waals surface area contributed by atoms with Crippen LogP contribution in [0.3, 0.4) is 0 Å². The summed E-state index contributed by atoms with van der Waals surface area (Å²) < 4.78 is 5.60. The van der Waals surface area contributed by atoms with E-state index >= 15 is 0 Å². The highest BCUT2D eigenvalue weighted by Crippen LogP contribution is 2.38. The molecule has 0 amide bonds. The third-order valence-electron chi connectivity index (χ3n) is 5.20. The number of hydrogen-bond acceptors (Lipinski definition) is 4. The van der Waals surface area contributed by atoms with Crippen molar-refractivity contribution >= 4 is 0 Å². The van der Waals surface area contributed by atoms with E-state index in [1.165, 1.54) is 5.56 Å². The molecule has 1 saturated carbocycles. The molecule has 3 N–H and O–H groups in total. The Kier molecular flexibility index (Phi) is 7.50. The Balaban J connectivity index is 1.79. The van der Waals surface area contributed by atoms with Gasteiger partial charge in [0.25, 0.3) is 0 Å². The van der Waals surface area contributed by atoms with Gasteiger partial charge >= 0.3 is 0 Å². The Hall–Kier alpha value is -0.940. The third-order valence-corrected chi connectivity index (χ3v) is 5.20. The van der Waals surface area contributed by atoms with Crippen molar-refractivity contribution in [1.82, 2.24) is 0 Å². The van der Waals surface area contributed by atoms with Crippen LogP contribution >= 0.6 is 0 Å². The van der Waals surface area contributed by atoms with Crippen LogP contribution < -0.4 is 0 Å². The molecule has 1 aromatic carbocycles. The van der Waals surface area contributed by atoms with Gasteiger partial charge in [-0.1, -0.05) is 30.3 Å². The van der Waals surface area contributed by atoms with Crippen LogP contribution in [0.15, 0.2) is 30.3 Å². The van der Waals surface area contributed by atoms with Gasteiger partial charge in [0, 0.05) is 13.5 Å². The fourth-order valence-electron chi connectivity index (χ4n) is 3.85. The molecule has 130 valence electrons. The summed E-state index contributed by atoms with van der Waals surface area (Å²) in [7, 11) is 1.75. The van der Waals surface area contributed by atoms with Gasteiger partial charge in [-0.3, -0.25) is 0 Å². The van der Waals surface area contributed by atoms with Gasteiger partial charge in [-0.15, -0.1) is 0 Å². The summed E-state index contributed by atoms with van der Waals surface area (Å²) in [6.07, 6.45) is 4.35. The average Bonchev–Trinajstić information content (AvgIpc) is 2.88. The SMILES string of the molecule is CO[C@@H](CCc1ccccc1)CC[C@@H]1[C@@H](CC(O)O)CC[C@H]1O. The van der Waals surface area contributed by atoms with Gasteiger partial charge in [-0.2, -0.15) is 0 Å². The molecular weight excluding hydrogens is 292 g/mol. The van der Waals surface area contributed by atoms with Crippen LogP contribution in [0, 0.1) is 11.8 Å². The maximum absolute atomic E-state index is 10.2. The number of rotatable bonds is 9. The summed E-state index contributed by atoms with van der Waals surface area (Å²) in [6.45, 7) is 0. The summed E-state index contributed by atoms with van der Waals surface area (Å²) >= 11 is 0. The van der Waals surface area contributed by atoms with E-state index in [4.69, 9.17) is 4.74 Å². The van der Waals surface area contributed by atoms with Crippen LogP contribution in [0.2, 0.25) is 0 Å². The minimum atomic E-state index is -1.27. The summed E-state index contributed by atoms with van der Waals surface area (Å²) in [6, 6.07) is 10.4. The van der Waals surface area contributed by atoms with Gasteiger partial charge in [0.1, 0.15) is 0 Å². The Morgan fingerprint density at radius 2 is 1.87 bits per heavy atom. The first kappa shape index (κ1) is 18.4. The summed E-state index contributed by atoms with van der Waals surface area (Å²) in [5.74, 6) is 0.364. The molecular formula is C19H30O4. The van der Waals surface area contributed by atoms with Crippen molar-refractivity contribution < 1.29 is 20.1 Å². The fraction of sp³-hybridized carbons (Fsp3) is 0.684. The summed E-state index contributed by atoms with van der Waals surface area (Å²) in [5.41, 5.74) is 1.32. The maximum Gasteiger partial charge on any atom is 0.151 e. The van der Waals surface area contributed by atoms with Crippen molar-refractivity contribution in [1.29, 1.82) is 0 Å². The van der Waals surface area contributed by atoms with E-state index in [2.05, 4.69) is 24.3 Å². The molecule has 0 saturated heterocycles. The van der Waals surface area contributed by atoms with Crippen molar-refractivity contribution in [2.45, 2.75) is 63.4 Å². The van der Waals surface area contributed by atoms with E-state index in [-0.39, 0.29) is 24.0 Å². The monoisotopic (exact) mass is 322 g/mol. The maximum atomic E-state index is 10.2. The average molecular weight is 322 g/mol. The smallest absolute Gasteiger partial charge is 0.151 e. The zero-order chi connectivity index (χ0) is 16.7. The Morgan fingerprint density at radius 3 is 2.52 bits per heavy atom. The minimum Gasteiger partial charge on any atom is -0.393 e. The molecule has 0 bridgehead atoms. The second kappa shape index (κ2) is 9.38. The molecule has 4 nitrogen and oxygen atoms in total. The molecule has 0 aliphatic heterocycles. The third kappa shape index (κ3) is 5.88. The largest absolute Gasteiger partial charge is 0.393 e. The van der Waals surface area contributed by atoms with Crippen molar-refractivity contribution in [3.8, 4) is 0 Å². The van der Waals surface area contributed by atoms with Crippen LogP contribution in [0.4, 0.5) is 0 Å². The lowest BCUT2D eigenvalue weighted by Crippen LogP contribution is -2.24. The van der Waals surface area contributed by atoms with Gasteiger partial charge in [0.2, 0.25) is 0 Å². The second-order valence-electron chi connectivity index (χ2n) is 6.74. The Labute approximate surface area is 139 Å². The van der Waals surface area contributed by atoms with E-state index in [0.717, 1.165) is 38.5 Å². The van der Waals surface area contributed by atoms with E-state index in [1.54, 1.807) is 7.11 Å². The molecule has 4 heteroatoms. The summed E-state index contributed by atoms with van der Waals surface area (Å²) in [4.78, 5) is 0. The van der Waals surface area contributed by atoms with E-state index in [0.29, 0.717) is 6.42 Å². The Bertz CT molecular complexity index is 434. The van der Waals surface area contributed by atoms with Crippen LogP contribution in [0.1, 0.15) is 44.1 Å². The first-order valence-corrected chi connectivity index (χ1v) is 8.71. The lowest BCUT2D eigenvalue weighted by atomic mass is 9.86. The molecule has 0 unspecified atom stereocenters. The predicted octanol–water partition coefficient (Wildman–Crippen LogP) is 2.50. The van der Waals surface area contributed by atoms with Crippen molar-refractivity contribution in [3.63, 3.8) is 0 Å². The molecule has 0 aromatic heterocycles. The van der Waals surface area contributed by atoms with Crippen LogP contribution in [0.5, 0.6) is 0 Å². The number of aryl methyl sites for hydroxylation is 1. The Morgan fingerprint density at radius 1 is 1.13 bits per heavy atom. The number of aliphatic hydroxyl groups is 3. The van der Waals surface area contributed by atoms with E-state index in [1.807, 2.05) is 6.07 Å². The topological polar surface area (TPSA) is 69.9 Å². The number of methoxy groups -OCH3 is 1. The molecule has 1 aliphatic rings. The quantitative estimate of drug-likeness (QED) is 0.611. The van der Waals surface area contributed by atoms with Gasteiger partial charge in [0.05, 0.1) is 12.2 Å². The fourth-order valence-corrected chi connectivity index (χ4v) is 3.85. The normalized spacial score (nSPS) is 25.9. The summed E-state index contributed by atoms with van der Waals surface area (Å²) in [5, 5.41) is 28.6. The lowest BCUT2D eigenvalue weighted by molar-refractivity contribution is -0.0626. The minimum absolute atomic E-state index is 0.158. The molecule has 1 aromatic rings. The first-order valence-electron chi connectivity index (χ1n) is 8.71. The van der Waals surface area contributed by atoms with Crippen molar-refractivity contribution in [2.24, 2.45) is 11.8 Å². The first-order chi connectivity index (χ1) is 11.1. The molecule has 23 heavy (non-hydrogen) atoms. The lowest BCUT2D eigenvalue weighted by Gasteiger charge is -2.25. The highest BCUT2D eigenvalue weighted by Gasteiger charge is 2.35. The van der Waals surface area contributed by atoms with Gasteiger partial charge in [-0.25, -0.2) is 0 Å². The molecule has 2 rings (SSSR count). The standard InChI is InChI=1S/C19H30O4/c1-23-16(9-7-14-5-3-2-4-6-14)10-11-17-15(13-19(21)22)8-12-18(17)20/h2-6,15-22H,7-13H2,1H3/t15-,16+,17-,18-/m1/s1. The predicted molar refractivity (Wildman–Crippen MR) is 89.9 cm³/mol. The van der Waals surface area contributed by atoms with Gasteiger partial charge in [-0.05, 0) is 55.9 Å². The highest BCUT2D eigenvalue weighted by atomic mass is 16.5. The number of hydrogen-bond donors (Lipinski definition) is 3. The zero-order valence-corrected chi connectivity index (χ0v) is 14.0. The highest BCUT2D eigenvalue weighted by molar-refractivity contribution is 5.14. The van der Waals surface area contributed by atoms with Crippen LogP contribution in [-0.2, 0) is 11.2 Å². The number of benzene rings is 1. The van der Waals surface area contributed by atoms with Crippen LogP contribution in [0.25, 0.3) is 0 Å². The molecule has 1 fully saturated rings. The molecule has 0 radical (unpaired) electrons. The number of aliphatic hydroxyl groups excluding tert-OH is 2. The molecule has 4 atom stereocenters. The molecule has 1 aliphatic carbocycles. The van der Waals surface area contributed by atoms with Gasteiger partial charge in [0.15, 0.2) is 6.29 Å². The van der Waals surface area contributed by atoms with E-state index in [9.17, 15) is 15.3 Å². The van der Waals surface area contributed by atoms with Crippen molar-refractivity contribution in [3.05, 3.63) is 35.9 Å². The molecule has 0 heterocycles. The van der Waals surface area contributed by atoms with E-state index < -0.39 is 6.29 Å². The van der Waals surface area contributed by atoms with Crippen molar-refractivity contribution in [2.75, 3.05) is 7.11 Å². The van der Waals surface area contributed by atoms with Gasteiger partial charge < -0.3 is 20.1 Å². The van der Waals surface area contributed by atoms with Crippen LogP contribution in [-0.4, -0.2) is 40.9 Å². The second-order valence-corrected chi connectivity index (χ2v) is 6.74. The molecule has 0 spiro atoms. The number of ether oxygens (including phenoxy) is 1.